The van der Waals surface area contributed by atoms with Gasteiger partial charge in [-0.15, -0.1) is 0 Å². The molecule has 0 bridgehead atoms. The van der Waals surface area contributed by atoms with Gasteiger partial charge in [-0.05, 0) is 51.5 Å². The lowest BCUT2D eigenvalue weighted by Gasteiger charge is -2.20. The second-order valence-corrected chi connectivity index (χ2v) is 7.62. The highest BCUT2D eigenvalue weighted by atomic mass is 35.5. The minimum absolute atomic E-state index is 0.0703. The lowest BCUT2D eigenvalue weighted by atomic mass is 10.0. The van der Waals surface area contributed by atoms with Crippen LogP contribution in [0.1, 0.15) is 46.0 Å². The number of H-pyrrole nitrogens is 1. The summed E-state index contributed by atoms with van der Waals surface area (Å²) in [6, 6.07) is 4.46. The van der Waals surface area contributed by atoms with Gasteiger partial charge in [0, 0.05) is 16.3 Å². The van der Waals surface area contributed by atoms with E-state index in [9.17, 15) is 14.4 Å². The van der Waals surface area contributed by atoms with Crippen LogP contribution in [-0.2, 0) is 4.79 Å². The highest BCUT2D eigenvalue weighted by Gasteiger charge is 2.29. The van der Waals surface area contributed by atoms with Crippen molar-refractivity contribution < 1.29 is 24.0 Å². The molecule has 156 valence electrons. The number of anilines is 1. The molecular formula is C21H27ClN3O4+. The maximum Gasteiger partial charge on any atom is 0.279 e. The van der Waals surface area contributed by atoms with Gasteiger partial charge in [-0.25, -0.2) is 0 Å². The molecule has 2 aromatic rings. The smallest absolute Gasteiger partial charge is 0.279 e. The number of methoxy groups -OCH3 is 1. The third-order valence-electron chi connectivity index (χ3n) is 5.04. The zero-order valence-corrected chi connectivity index (χ0v) is 18.3. The third-order valence-corrected chi connectivity index (χ3v) is 5.28. The summed E-state index contributed by atoms with van der Waals surface area (Å²) in [5, 5.41) is 3.25. The highest BCUT2D eigenvalue weighted by molar-refractivity contribution is 6.31. The average molecular weight is 421 g/mol. The monoisotopic (exact) mass is 420 g/mol. The highest BCUT2D eigenvalue weighted by Crippen LogP contribution is 2.27. The van der Waals surface area contributed by atoms with Crippen LogP contribution in [0.4, 0.5) is 5.69 Å². The van der Waals surface area contributed by atoms with E-state index in [1.54, 1.807) is 46.0 Å². The van der Waals surface area contributed by atoms with Crippen LogP contribution in [0.5, 0.6) is 5.75 Å². The normalized spacial score (nSPS) is 12.9. The second kappa shape index (κ2) is 9.24. The number of likely N-dealkylation sites (N-methyl/N-ethyl adjacent to an activating group) is 1. The van der Waals surface area contributed by atoms with Gasteiger partial charge in [-0.2, -0.15) is 0 Å². The zero-order valence-electron chi connectivity index (χ0n) is 17.5. The van der Waals surface area contributed by atoms with E-state index < -0.39 is 6.04 Å². The minimum atomic E-state index is -0.487. The van der Waals surface area contributed by atoms with Gasteiger partial charge in [-0.3, -0.25) is 14.4 Å². The number of carbonyl (C=O) groups excluding carboxylic acids is 3. The van der Waals surface area contributed by atoms with Crippen LogP contribution in [0.15, 0.2) is 18.2 Å². The van der Waals surface area contributed by atoms with Gasteiger partial charge in [0.25, 0.3) is 5.91 Å². The molecule has 0 aliphatic heterocycles. The van der Waals surface area contributed by atoms with Gasteiger partial charge in [0.15, 0.2) is 18.4 Å². The number of aryl methyl sites for hydroxylation is 1. The van der Waals surface area contributed by atoms with E-state index in [1.165, 1.54) is 14.0 Å². The second-order valence-electron chi connectivity index (χ2n) is 7.18. The quantitative estimate of drug-likeness (QED) is 0.571. The van der Waals surface area contributed by atoms with Crippen molar-refractivity contribution in [1.29, 1.82) is 0 Å². The van der Waals surface area contributed by atoms with Crippen molar-refractivity contribution in [2.24, 2.45) is 0 Å². The molecule has 1 aromatic heterocycles. The number of hydrogen-bond donors (Lipinski definition) is 3. The van der Waals surface area contributed by atoms with Crippen molar-refractivity contribution in [3.63, 3.8) is 0 Å². The number of nitrogens with one attached hydrogen (secondary N) is 3. The summed E-state index contributed by atoms with van der Waals surface area (Å²) in [6.45, 7) is 6.84. The maximum atomic E-state index is 12.9. The molecule has 0 radical (unpaired) electrons. The predicted molar refractivity (Wildman–Crippen MR) is 112 cm³/mol. The largest absolute Gasteiger partial charge is 0.495 e. The number of ether oxygens (including phenoxy) is 1. The molecular weight excluding hydrogens is 394 g/mol. The van der Waals surface area contributed by atoms with Crippen LogP contribution in [-0.4, -0.2) is 49.2 Å². The Bertz CT molecular complexity index is 952. The standard InChI is InChI=1S/C21H26ClN3O4/c1-11-19(14(4)26)12(2)23-20(11)21(28)13(3)25(5)10-18(27)24-16-9-15(22)7-8-17(16)29-6/h7-9,13,23H,10H2,1-6H3,(H,24,27)/p+1/t13-/m1/s1. The Labute approximate surface area is 175 Å². The first-order valence-electron chi connectivity index (χ1n) is 9.26. The Morgan fingerprint density at radius 3 is 2.48 bits per heavy atom. The molecule has 2 atom stereocenters. The summed E-state index contributed by atoms with van der Waals surface area (Å²) >= 11 is 5.99. The molecule has 0 aliphatic rings. The van der Waals surface area contributed by atoms with Crippen molar-refractivity contribution in [2.45, 2.75) is 33.7 Å². The van der Waals surface area contributed by atoms with Crippen molar-refractivity contribution in [3.8, 4) is 5.75 Å². The van der Waals surface area contributed by atoms with Gasteiger partial charge < -0.3 is 19.9 Å². The van der Waals surface area contributed by atoms with E-state index in [0.29, 0.717) is 43.9 Å². The number of aromatic nitrogens is 1. The van der Waals surface area contributed by atoms with Crippen LogP contribution in [0.3, 0.4) is 0 Å². The van der Waals surface area contributed by atoms with Crippen molar-refractivity contribution in [1.82, 2.24) is 4.98 Å². The molecule has 0 aliphatic carbocycles. The van der Waals surface area contributed by atoms with E-state index in [4.69, 9.17) is 16.3 Å². The lowest BCUT2D eigenvalue weighted by molar-refractivity contribution is -0.885. The summed E-state index contributed by atoms with van der Waals surface area (Å²) in [5.41, 5.74) is 2.75. The van der Waals surface area contributed by atoms with E-state index in [1.807, 2.05) is 0 Å². The van der Waals surface area contributed by atoms with E-state index in [2.05, 4.69) is 10.3 Å². The number of quaternary nitrogens is 1. The molecule has 0 fully saturated rings. The Morgan fingerprint density at radius 1 is 1.28 bits per heavy atom. The summed E-state index contributed by atoms with van der Waals surface area (Å²) in [6.07, 6.45) is 0. The molecule has 1 unspecified atom stereocenters. The molecule has 8 heteroatoms. The van der Waals surface area contributed by atoms with Gasteiger partial charge in [-0.1, -0.05) is 11.6 Å². The number of ketones is 2. The van der Waals surface area contributed by atoms with Crippen LogP contribution in [0.25, 0.3) is 0 Å². The first-order valence-corrected chi connectivity index (χ1v) is 9.64. The van der Waals surface area contributed by atoms with Crippen LogP contribution in [0, 0.1) is 13.8 Å². The van der Waals surface area contributed by atoms with Gasteiger partial charge in [0.2, 0.25) is 5.78 Å². The Morgan fingerprint density at radius 2 is 1.93 bits per heavy atom. The third kappa shape index (κ3) is 5.05. The van der Waals surface area contributed by atoms with Crippen molar-refractivity contribution in [2.75, 3.05) is 26.0 Å². The van der Waals surface area contributed by atoms with Crippen LogP contribution < -0.4 is 15.0 Å². The minimum Gasteiger partial charge on any atom is -0.495 e. The lowest BCUT2D eigenvalue weighted by Crippen LogP contribution is -3.14. The summed E-state index contributed by atoms with van der Waals surface area (Å²) < 4.78 is 5.23. The first kappa shape index (κ1) is 22.6. The van der Waals surface area contributed by atoms with Gasteiger partial charge in [0.05, 0.1) is 25.5 Å². The SMILES string of the molecule is COc1ccc(Cl)cc1NC(=O)C[NH+](C)[C@H](C)C(=O)c1[nH]c(C)c(C(C)=O)c1C. The molecule has 0 saturated heterocycles. The molecule has 7 nitrogen and oxygen atoms in total. The Hall–Kier alpha value is -2.64. The van der Waals surface area contributed by atoms with Crippen LogP contribution in [0.2, 0.25) is 5.02 Å². The number of amides is 1. The number of Topliss-reactive ketones (excluding diaryl/α,β-unsaturated/α-hetero) is 2. The number of hydrogen-bond acceptors (Lipinski definition) is 4. The molecule has 0 saturated carbocycles. The average Bonchev–Trinajstić information content (AvgIpc) is 2.94. The predicted octanol–water partition coefficient (Wildman–Crippen LogP) is 2.22. The van der Waals surface area contributed by atoms with Crippen LogP contribution >= 0.6 is 11.6 Å². The molecule has 0 spiro atoms. The number of benzene rings is 1. The summed E-state index contributed by atoms with van der Waals surface area (Å²) in [4.78, 5) is 41.0. The molecule has 1 amide bonds. The number of carbonyl (C=O) groups is 3. The molecule has 3 N–H and O–H groups in total. The number of rotatable bonds is 8. The van der Waals surface area contributed by atoms with E-state index in [-0.39, 0.29) is 24.0 Å². The Balaban J connectivity index is 2.11. The molecule has 2 rings (SSSR count). The summed E-state index contributed by atoms with van der Waals surface area (Å²) in [7, 11) is 3.28. The fourth-order valence-electron chi connectivity index (χ4n) is 3.34. The van der Waals surface area contributed by atoms with Gasteiger partial charge >= 0.3 is 0 Å². The van der Waals surface area contributed by atoms with E-state index >= 15 is 0 Å². The first-order chi connectivity index (χ1) is 13.6. The van der Waals surface area contributed by atoms with Crippen molar-refractivity contribution >= 4 is 34.8 Å². The van der Waals surface area contributed by atoms with E-state index in [0.717, 1.165) is 0 Å². The van der Waals surface area contributed by atoms with Crippen molar-refractivity contribution in [3.05, 3.63) is 45.7 Å². The zero-order chi connectivity index (χ0) is 21.9. The number of halogens is 1. The molecule has 29 heavy (non-hydrogen) atoms. The maximum absolute atomic E-state index is 12.9. The fourth-order valence-corrected chi connectivity index (χ4v) is 3.52. The topological polar surface area (TPSA) is 92.7 Å². The van der Waals surface area contributed by atoms with Gasteiger partial charge in [0.1, 0.15) is 5.75 Å². The molecule has 1 heterocycles. The number of aromatic amines is 1. The molecule has 1 aromatic carbocycles. The summed E-state index contributed by atoms with van der Waals surface area (Å²) in [5.74, 6) is -0.00690. The fraction of sp³-hybridized carbons (Fsp3) is 0.381. The Kier molecular flexibility index (Phi) is 7.21.